The summed E-state index contributed by atoms with van der Waals surface area (Å²) in [5, 5.41) is 0.485. The van der Waals surface area contributed by atoms with E-state index < -0.39 is 12.0 Å². The van der Waals surface area contributed by atoms with Crippen LogP contribution in [0.15, 0.2) is 12.1 Å². The Balaban J connectivity index is 2.70. The largest absolute Gasteiger partial charge is 0.493 e. The Hall–Kier alpha value is -2.25. The van der Waals surface area contributed by atoms with Crippen molar-refractivity contribution in [3.63, 3.8) is 0 Å². The number of hydrogen-bond acceptors (Lipinski definition) is 5. The molecule has 0 unspecified atom stereocenters. The van der Waals surface area contributed by atoms with Crippen LogP contribution in [-0.4, -0.2) is 37.8 Å². The topological polar surface area (TPSA) is 47.5 Å². The molecule has 24 heavy (non-hydrogen) atoms. The minimum Gasteiger partial charge on any atom is -0.493 e. The van der Waals surface area contributed by atoms with Gasteiger partial charge in [-0.15, -0.1) is 0 Å². The van der Waals surface area contributed by atoms with Gasteiger partial charge in [0.2, 0.25) is 5.82 Å². The number of aromatic nitrogens is 2. The average molecular weight is 343 g/mol. The van der Waals surface area contributed by atoms with Gasteiger partial charge in [-0.2, -0.15) is 13.2 Å². The van der Waals surface area contributed by atoms with E-state index in [9.17, 15) is 13.2 Å². The predicted octanol–water partition coefficient (Wildman–Crippen LogP) is 3.90. The van der Waals surface area contributed by atoms with Gasteiger partial charge in [-0.3, -0.25) is 0 Å². The van der Waals surface area contributed by atoms with Crippen LogP contribution in [0.2, 0.25) is 0 Å². The number of halogens is 3. The van der Waals surface area contributed by atoms with E-state index in [2.05, 4.69) is 9.97 Å². The summed E-state index contributed by atoms with van der Waals surface area (Å²) in [5.74, 6) is -0.209. The van der Waals surface area contributed by atoms with Crippen molar-refractivity contribution in [2.24, 2.45) is 0 Å². The molecule has 0 N–H and O–H groups in total. The first-order chi connectivity index (χ1) is 11.3. The number of nitrogens with zero attached hydrogens (tertiary/aromatic N) is 3. The highest BCUT2D eigenvalue weighted by molar-refractivity contribution is 5.92. The quantitative estimate of drug-likeness (QED) is 0.796. The van der Waals surface area contributed by atoms with Crippen LogP contribution in [-0.2, 0) is 6.18 Å². The van der Waals surface area contributed by atoms with Crippen LogP contribution in [0.25, 0.3) is 10.9 Å². The Morgan fingerprint density at radius 2 is 1.71 bits per heavy atom. The Bertz CT molecular complexity index is 720. The summed E-state index contributed by atoms with van der Waals surface area (Å²) in [5.41, 5.74) is 0.160. The molecule has 0 spiro atoms. The Labute approximate surface area is 138 Å². The van der Waals surface area contributed by atoms with Gasteiger partial charge in [0.05, 0.1) is 19.7 Å². The fourth-order valence-electron chi connectivity index (χ4n) is 2.36. The van der Waals surface area contributed by atoms with Crippen LogP contribution < -0.4 is 14.4 Å². The molecule has 1 heterocycles. The van der Waals surface area contributed by atoms with E-state index in [-0.39, 0.29) is 11.3 Å². The molecule has 0 bridgehead atoms. The van der Waals surface area contributed by atoms with E-state index in [0.717, 1.165) is 12.8 Å². The number of fused-ring (bicyclic) bond motifs is 1. The summed E-state index contributed by atoms with van der Waals surface area (Å²) in [6.45, 7) is 2.61. The third-order valence-electron chi connectivity index (χ3n) is 3.64. The molecule has 0 atom stereocenters. The molecule has 0 radical (unpaired) electrons. The molecule has 0 fully saturated rings. The van der Waals surface area contributed by atoms with Crippen LogP contribution in [0.1, 0.15) is 25.6 Å². The molecule has 1 aromatic carbocycles. The summed E-state index contributed by atoms with van der Waals surface area (Å²) in [4.78, 5) is 9.11. The second-order valence-electron chi connectivity index (χ2n) is 5.37. The molecule has 1 aromatic heterocycles. The number of rotatable bonds is 6. The molecule has 2 rings (SSSR count). The maximum absolute atomic E-state index is 13.1. The van der Waals surface area contributed by atoms with E-state index >= 15 is 0 Å². The van der Waals surface area contributed by atoms with E-state index in [1.807, 2.05) is 6.92 Å². The predicted molar refractivity (Wildman–Crippen MR) is 85.8 cm³/mol. The highest BCUT2D eigenvalue weighted by atomic mass is 19.4. The van der Waals surface area contributed by atoms with Crippen LogP contribution >= 0.6 is 0 Å². The monoisotopic (exact) mass is 343 g/mol. The molecular weight excluding hydrogens is 323 g/mol. The maximum Gasteiger partial charge on any atom is 0.451 e. The van der Waals surface area contributed by atoms with Crippen LogP contribution in [0, 0.1) is 0 Å². The van der Waals surface area contributed by atoms with E-state index in [1.54, 1.807) is 18.0 Å². The summed E-state index contributed by atoms with van der Waals surface area (Å²) >= 11 is 0. The summed E-state index contributed by atoms with van der Waals surface area (Å²) in [6, 6.07) is 3.04. The molecule has 2 aromatic rings. The summed E-state index contributed by atoms with van der Waals surface area (Å²) in [6.07, 6.45) is -2.85. The fourth-order valence-corrected chi connectivity index (χ4v) is 2.36. The Morgan fingerprint density at radius 3 is 2.25 bits per heavy atom. The van der Waals surface area contributed by atoms with Gasteiger partial charge in [0.15, 0.2) is 11.5 Å². The first kappa shape index (κ1) is 18.1. The molecule has 0 amide bonds. The van der Waals surface area contributed by atoms with E-state index in [1.165, 1.54) is 20.3 Å². The fraction of sp³-hybridized carbons (Fsp3) is 0.500. The zero-order valence-corrected chi connectivity index (χ0v) is 14.1. The van der Waals surface area contributed by atoms with Gasteiger partial charge in [0, 0.05) is 25.0 Å². The van der Waals surface area contributed by atoms with Gasteiger partial charge in [-0.1, -0.05) is 13.3 Å². The molecule has 0 aliphatic heterocycles. The zero-order valence-electron chi connectivity index (χ0n) is 14.1. The van der Waals surface area contributed by atoms with Gasteiger partial charge in [-0.25, -0.2) is 9.97 Å². The first-order valence-corrected chi connectivity index (χ1v) is 7.53. The second kappa shape index (κ2) is 7.11. The molecular formula is C16H20F3N3O2. The summed E-state index contributed by atoms with van der Waals surface area (Å²) in [7, 11) is 4.60. The third-order valence-corrected chi connectivity index (χ3v) is 3.64. The number of unbranched alkanes of at least 4 members (excludes halogenated alkanes) is 1. The van der Waals surface area contributed by atoms with Crippen LogP contribution in [0.4, 0.5) is 19.0 Å². The number of ether oxygens (including phenoxy) is 2. The van der Waals surface area contributed by atoms with Gasteiger partial charge >= 0.3 is 6.18 Å². The van der Waals surface area contributed by atoms with Crippen molar-refractivity contribution >= 4 is 16.7 Å². The smallest absolute Gasteiger partial charge is 0.451 e. The lowest BCUT2D eigenvalue weighted by Crippen LogP contribution is -2.22. The van der Waals surface area contributed by atoms with Crippen molar-refractivity contribution < 1.29 is 22.6 Å². The van der Waals surface area contributed by atoms with E-state index in [4.69, 9.17) is 9.47 Å². The lowest BCUT2D eigenvalue weighted by Gasteiger charge is -2.21. The van der Waals surface area contributed by atoms with Crippen LogP contribution in [0.3, 0.4) is 0 Å². The first-order valence-electron chi connectivity index (χ1n) is 7.53. The standard InChI is InChI=1S/C16H20F3N3O2/c1-5-6-7-22(2)14-10-8-12(23-3)13(24-4)9-11(10)20-15(21-14)16(17,18)19/h8-9H,5-7H2,1-4H3. The van der Waals surface area contributed by atoms with Gasteiger partial charge in [0.1, 0.15) is 5.82 Å². The SMILES string of the molecule is CCCCN(C)c1nc(C(F)(F)F)nc2cc(OC)c(OC)cc12. The average Bonchev–Trinajstić information content (AvgIpc) is 2.56. The molecule has 0 saturated carbocycles. The number of methoxy groups -OCH3 is 2. The van der Waals surface area contributed by atoms with Crippen molar-refractivity contribution in [2.45, 2.75) is 25.9 Å². The minimum absolute atomic E-state index is 0.160. The number of hydrogen-bond donors (Lipinski definition) is 0. The Kier molecular flexibility index (Phi) is 5.36. The van der Waals surface area contributed by atoms with Crippen molar-refractivity contribution in [2.75, 3.05) is 32.7 Å². The van der Waals surface area contributed by atoms with Crippen LogP contribution in [0.5, 0.6) is 11.5 Å². The third kappa shape index (κ3) is 3.63. The second-order valence-corrected chi connectivity index (χ2v) is 5.37. The zero-order chi connectivity index (χ0) is 17.9. The Morgan fingerprint density at radius 1 is 1.08 bits per heavy atom. The van der Waals surface area contributed by atoms with E-state index in [0.29, 0.717) is 23.4 Å². The molecule has 5 nitrogen and oxygen atoms in total. The van der Waals surface area contributed by atoms with Crippen molar-refractivity contribution in [3.05, 3.63) is 18.0 Å². The van der Waals surface area contributed by atoms with Crippen molar-refractivity contribution in [1.82, 2.24) is 9.97 Å². The molecule has 132 valence electrons. The van der Waals surface area contributed by atoms with Gasteiger partial charge < -0.3 is 14.4 Å². The number of benzene rings is 1. The maximum atomic E-state index is 13.1. The highest BCUT2D eigenvalue weighted by Crippen LogP contribution is 2.37. The highest BCUT2D eigenvalue weighted by Gasteiger charge is 2.36. The molecule has 0 saturated heterocycles. The normalized spacial score (nSPS) is 11.6. The lowest BCUT2D eigenvalue weighted by atomic mass is 10.2. The lowest BCUT2D eigenvalue weighted by molar-refractivity contribution is -0.144. The molecule has 8 heteroatoms. The van der Waals surface area contributed by atoms with Crippen molar-refractivity contribution in [3.8, 4) is 11.5 Å². The van der Waals surface area contributed by atoms with Gasteiger partial charge in [-0.05, 0) is 12.5 Å². The molecule has 0 aliphatic rings. The minimum atomic E-state index is -4.62. The van der Waals surface area contributed by atoms with Crippen molar-refractivity contribution in [1.29, 1.82) is 0 Å². The molecule has 0 aliphatic carbocycles. The van der Waals surface area contributed by atoms with Gasteiger partial charge in [0.25, 0.3) is 0 Å². The number of anilines is 1. The summed E-state index contributed by atoms with van der Waals surface area (Å²) < 4.78 is 49.8. The number of alkyl halides is 3.